The molecule has 1 aromatic rings. The number of ether oxygens (including phenoxy) is 2. The molecule has 0 heterocycles. The molecular weight excluding hydrogens is 266 g/mol. The number of hydrogen-bond donors (Lipinski definition) is 2. The molecule has 5 heteroatoms. The Labute approximate surface area is 121 Å². The van der Waals surface area contributed by atoms with E-state index in [1.807, 2.05) is 18.2 Å². The minimum atomic E-state index is -0.592. The van der Waals surface area contributed by atoms with Crippen LogP contribution in [0.15, 0.2) is 18.2 Å². The first-order valence-corrected chi connectivity index (χ1v) is 6.15. The number of halogens is 1. The summed E-state index contributed by atoms with van der Waals surface area (Å²) in [5.74, 6) is 1.61. The molecule has 0 unspecified atom stereocenters. The van der Waals surface area contributed by atoms with Crippen molar-refractivity contribution in [1.29, 1.82) is 0 Å². The molecule has 4 nitrogen and oxygen atoms in total. The van der Waals surface area contributed by atoms with Gasteiger partial charge in [0.25, 0.3) is 0 Å². The van der Waals surface area contributed by atoms with Crippen molar-refractivity contribution in [1.82, 2.24) is 0 Å². The Morgan fingerprint density at radius 3 is 2.32 bits per heavy atom. The minimum absolute atomic E-state index is 0. The summed E-state index contributed by atoms with van der Waals surface area (Å²) in [6.45, 7) is 4.11. The predicted molar refractivity (Wildman–Crippen MR) is 79.2 cm³/mol. The molecule has 1 rings (SSSR count). The van der Waals surface area contributed by atoms with E-state index in [2.05, 4.69) is 13.8 Å². The van der Waals surface area contributed by atoms with Gasteiger partial charge >= 0.3 is 0 Å². The first kappa shape index (κ1) is 18.0. The van der Waals surface area contributed by atoms with Crippen LogP contribution in [-0.2, 0) is 0 Å². The number of aliphatic hydroxyl groups is 1. The van der Waals surface area contributed by atoms with Crippen LogP contribution in [0.5, 0.6) is 11.5 Å². The number of methoxy groups -OCH3 is 2. The van der Waals surface area contributed by atoms with Crippen LogP contribution >= 0.6 is 12.4 Å². The van der Waals surface area contributed by atoms with Gasteiger partial charge in [-0.3, -0.25) is 0 Å². The van der Waals surface area contributed by atoms with Crippen molar-refractivity contribution in [3.05, 3.63) is 23.8 Å². The predicted octanol–water partition coefficient (Wildman–Crippen LogP) is 2.53. The molecular formula is C14H24ClNO3. The normalized spacial score (nSPS) is 13.6. The number of nitrogens with two attached hydrogens (primary N) is 1. The summed E-state index contributed by atoms with van der Waals surface area (Å²) in [5.41, 5.74) is 6.87. The topological polar surface area (TPSA) is 64.7 Å². The van der Waals surface area contributed by atoms with Crippen molar-refractivity contribution in [2.45, 2.75) is 32.4 Å². The van der Waals surface area contributed by atoms with Gasteiger partial charge < -0.3 is 20.3 Å². The fourth-order valence-electron chi connectivity index (χ4n) is 2.01. The van der Waals surface area contributed by atoms with Crippen LogP contribution in [0.3, 0.4) is 0 Å². The number of aliphatic hydroxyl groups excluding tert-OH is 1. The third-order valence-corrected chi connectivity index (χ3v) is 2.92. The number of hydrogen-bond acceptors (Lipinski definition) is 4. The van der Waals surface area contributed by atoms with Crippen LogP contribution in [0.4, 0.5) is 0 Å². The lowest BCUT2D eigenvalue weighted by Crippen LogP contribution is -2.28. The van der Waals surface area contributed by atoms with Gasteiger partial charge in [0.15, 0.2) is 11.5 Å². The van der Waals surface area contributed by atoms with Crippen LogP contribution < -0.4 is 15.2 Å². The van der Waals surface area contributed by atoms with Crippen molar-refractivity contribution in [3.63, 3.8) is 0 Å². The maximum Gasteiger partial charge on any atom is 0.165 e. The van der Waals surface area contributed by atoms with Crippen LogP contribution in [0.2, 0.25) is 0 Å². The van der Waals surface area contributed by atoms with Gasteiger partial charge in [0.1, 0.15) is 0 Å². The summed E-state index contributed by atoms with van der Waals surface area (Å²) in [6, 6.07) is 5.04. The molecule has 0 aromatic heterocycles. The standard InChI is InChI=1S/C14H23NO3.ClH/c1-9(2)8-11(16)13(15)10-6-5-7-12(17-3)14(10)18-4;/h5-7,9,11,13,16H,8,15H2,1-4H3;1H/t11-,13+;/m0./s1. The lowest BCUT2D eigenvalue weighted by Gasteiger charge is -2.23. The largest absolute Gasteiger partial charge is 0.493 e. The highest BCUT2D eigenvalue weighted by atomic mass is 35.5. The third kappa shape index (κ3) is 4.56. The smallest absolute Gasteiger partial charge is 0.165 e. The van der Waals surface area contributed by atoms with E-state index in [1.54, 1.807) is 14.2 Å². The molecule has 0 aliphatic rings. The van der Waals surface area contributed by atoms with Gasteiger partial charge in [0, 0.05) is 5.56 Å². The zero-order chi connectivity index (χ0) is 13.7. The minimum Gasteiger partial charge on any atom is -0.493 e. The third-order valence-electron chi connectivity index (χ3n) is 2.92. The second kappa shape index (κ2) is 8.25. The summed E-state index contributed by atoms with van der Waals surface area (Å²) in [5, 5.41) is 10.1. The van der Waals surface area contributed by atoms with E-state index >= 15 is 0 Å². The Balaban J connectivity index is 0.00000324. The van der Waals surface area contributed by atoms with E-state index in [1.165, 1.54) is 0 Å². The monoisotopic (exact) mass is 289 g/mol. The average molecular weight is 290 g/mol. The molecule has 0 spiro atoms. The van der Waals surface area contributed by atoms with Crippen molar-refractivity contribution in [2.24, 2.45) is 11.7 Å². The van der Waals surface area contributed by atoms with Crippen LogP contribution in [0, 0.1) is 5.92 Å². The molecule has 0 aliphatic heterocycles. The summed E-state index contributed by atoms with van der Waals surface area (Å²) in [4.78, 5) is 0. The maximum atomic E-state index is 10.1. The van der Waals surface area contributed by atoms with Gasteiger partial charge in [-0.25, -0.2) is 0 Å². The molecule has 0 amide bonds. The molecule has 0 fully saturated rings. The lowest BCUT2D eigenvalue weighted by molar-refractivity contribution is 0.119. The fraction of sp³-hybridized carbons (Fsp3) is 0.571. The summed E-state index contributed by atoms with van der Waals surface area (Å²) in [6.07, 6.45) is 0.0626. The second-order valence-electron chi connectivity index (χ2n) is 4.81. The van der Waals surface area contributed by atoms with E-state index in [0.717, 1.165) is 5.56 Å². The van der Waals surface area contributed by atoms with E-state index < -0.39 is 12.1 Å². The van der Waals surface area contributed by atoms with Gasteiger partial charge in [0.2, 0.25) is 0 Å². The van der Waals surface area contributed by atoms with E-state index in [-0.39, 0.29) is 12.4 Å². The Morgan fingerprint density at radius 1 is 1.21 bits per heavy atom. The fourth-order valence-corrected chi connectivity index (χ4v) is 2.01. The van der Waals surface area contributed by atoms with E-state index in [9.17, 15) is 5.11 Å². The second-order valence-corrected chi connectivity index (χ2v) is 4.81. The van der Waals surface area contributed by atoms with Crippen molar-refractivity contribution in [3.8, 4) is 11.5 Å². The SMILES string of the molecule is COc1cccc([C@@H](N)[C@@H](O)CC(C)C)c1OC.Cl. The molecule has 3 N–H and O–H groups in total. The number of benzene rings is 1. The van der Waals surface area contributed by atoms with Gasteiger partial charge in [-0.05, 0) is 18.4 Å². The highest BCUT2D eigenvalue weighted by Gasteiger charge is 2.22. The molecule has 1 aromatic carbocycles. The molecule has 0 saturated heterocycles. The molecule has 0 aliphatic carbocycles. The zero-order valence-electron chi connectivity index (χ0n) is 11.9. The van der Waals surface area contributed by atoms with Gasteiger partial charge in [-0.1, -0.05) is 26.0 Å². The molecule has 0 saturated carbocycles. The Bertz CT molecular complexity index is 385. The molecule has 19 heavy (non-hydrogen) atoms. The van der Waals surface area contributed by atoms with Crippen molar-refractivity contribution >= 4 is 12.4 Å². The summed E-state index contributed by atoms with van der Waals surface area (Å²) >= 11 is 0. The van der Waals surface area contributed by atoms with Gasteiger partial charge in [-0.2, -0.15) is 0 Å². The van der Waals surface area contributed by atoms with Gasteiger partial charge in [0.05, 0.1) is 26.4 Å². The first-order chi connectivity index (χ1) is 8.51. The average Bonchev–Trinajstić information content (AvgIpc) is 2.35. The Morgan fingerprint density at radius 2 is 1.84 bits per heavy atom. The quantitative estimate of drug-likeness (QED) is 0.845. The maximum absolute atomic E-state index is 10.1. The lowest BCUT2D eigenvalue weighted by atomic mass is 9.94. The zero-order valence-corrected chi connectivity index (χ0v) is 12.7. The Hall–Kier alpha value is -0.970. The summed E-state index contributed by atoms with van der Waals surface area (Å²) in [7, 11) is 3.15. The number of rotatable bonds is 6. The number of para-hydroxylation sites is 1. The van der Waals surface area contributed by atoms with Crippen LogP contribution in [0.25, 0.3) is 0 Å². The Kier molecular flexibility index (Phi) is 7.83. The molecule has 0 bridgehead atoms. The summed E-state index contributed by atoms with van der Waals surface area (Å²) < 4.78 is 10.6. The molecule has 0 radical (unpaired) electrons. The van der Waals surface area contributed by atoms with Gasteiger partial charge in [-0.15, -0.1) is 12.4 Å². The highest BCUT2D eigenvalue weighted by molar-refractivity contribution is 5.85. The van der Waals surface area contributed by atoms with E-state index in [4.69, 9.17) is 15.2 Å². The van der Waals surface area contributed by atoms with Crippen molar-refractivity contribution < 1.29 is 14.6 Å². The first-order valence-electron chi connectivity index (χ1n) is 6.15. The van der Waals surface area contributed by atoms with E-state index in [0.29, 0.717) is 23.8 Å². The highest BCUT2D eigenvalue weighted by Crippen LogP contribution is 2.35. The molecule has 2 atom stereocenters. The van der Waals surface area contributed by atoms with Crippen molar-refractivity contribution in [2.75, 3.05) is 14.2 Å². The van der Waals surface area contributed by atoms with Crippen LogP contribution in [-0.4, -0.2) is 25.4 Å². The molecule has 110 valence electrons. The van der Waals surface area contributed by atoms with Crippen LogP contribution in [0.1, 0.15) is 31.9 Å².